The van der Waals surface area contributed by atoms with Gasteiger partial charge in [0.25, 0.3) is 5.56 Å². The number of aromatic amines is 1. The van der Waals surface area contributed by atoms with Gasteiger partial charge in [-0.25, -0.2) is 9.78 Å². The summed E-state index contributed by atoms with van der Waals surface area (Å²) in [4.78, 5) is 30.5. The number of thiazole rings is 1. The van der Waals surface area contributed by atoms with Crippen LogP contribution in [-0.2, 0) is 4.74 Å². The highest BCUT2D eigenvalue weighted by Gasteiger charge is 2.14. The lowest BCUT2D eigenvalue weighted by Crippen LogP contribution is -2.19. The number of carbonyl (C=O) groups excluding carboxylic acids is 1. The van der Waals surface area contributed by atoms with E-state index in [1.807, 2.05) is 6.92 Å². The molecule has 0 unspecified atom stereocenters. The maximum Gasteiger partial charge on any atom is 0.412 e. The van der Waals surface area contributed by atoms with Crippen LogP contribution in [0.25, 0.3) is 10.9 Å². The lowest BCUT2D eigenvalue weighted by molar-refractivity contribution is 0.187. The molecule has 0 spiro atoms. The standard InChI is InChI=1S/C16H15ClN4O3S/c1-8(19-15-18-7-13(25-15)21-16(23)24-2)11-6-9-5-10(17)3-4-12(9)20-14(11)22/h3-8H,1-2H3,(H,18,19)(H,20,22)(H,21,23)/t8-/m1/s1. The quantitative estimate of drug-likeness (QED) is 0.637. The predicted molar refractivity (Wildman–Crippen MR) is 99.8 cm³/mol. The number of H-pyrrole nitrogens is 1. The van der Waals surface area contributed by atoms with Gasteiger partial charge in [0.05, 0.1) is 19.3 Å². The number of aromatic nitrogens is 2. The van der Waals surface area contributed by atoms with E-state index >= 15 is 0 Å². The Hall–Kier alpha value is -2.58. The summed E-state index contributed by atoms with van der Waals surface area (Å²) in [5.74, 6) is 0. The summed E-state index contributed by atoms with van der Waals surface area (Å²) in [6.07, 6.45) is 0.951. The smallest absolute Gasteiger partial charge is 0.412 e. The van der Waals surface area contributed by atoms with Crippen LogP contribution < -0.4 is 16.2 Å². The van der Waals surface area contributed by atoms with Crippen molar-refractivity contribution in [1.29, 1.82) is 0 Å². The summed E-state index contributed by atoms with van der Waals surface area (Å²) in [7, 11) is 1.29. The minimum atomic E-state index is -0.564. The molecule has 0 bridgehead atoms. The number of methoxy groups -OCH3 is 1. The maximum atomic E-state index is 12.3. The molecule has 0 aliphatic carbocycles. The first-order valence-corrected chi connectivity index (χ1v) is 8.55. The van der Waals surface area contributed by atoms with Crippen LogP contribution in [0.2, 0.25) is 5.02 Å². The van der Waals surface area contributed by atoms with Crippen LogP contribution in [0.1, 0.15) is 18.5 Å². The summed E-state index contributed by atoms with van der Waals surface area (Å²) >= 11 is 7.26. The molecule has 3 aromatic rings. The Kier molecular flexibility index (Phi) is 4.91. The van der Waals surface area contributed by atoms with Crippen molar-refractivity contribution in [2.75, 3.05) is 17.7 Å². The second-order valence-electron chi connectivity index (χ2n) is 5.30. The van der Waals surface area contributed by atoms with Crippen LogP contribution in [0.4, 0.5) is 14.9 Å². The number of halogens is 1. The van der Waals surface area contributed by atoms with Crippen molar-refractivity contribution in [1.82, 2.24) is 9.97 Å². The molecule has 3 rings (SSSR count). The first-order valence-electron chi connectivity index (χ1n) is 7.36. The highest BCUT2D eigenvalue weighted by molar-refractivity contribution is 7.19. The van der Waals surface area contributed by atoms with Crippen molar-refractivity contribution in [2.24, 2.45) is 0 Å². The van der Waals surface area contributed by atoms with Gasteiger partial charge >= 0.3 is 6.09 Å². The first-order chi connectivity index (χ1) is 12.0. The van der Waals surface area contributed by atoms with Crippen LogP contribution in [0.3, 0.4) is 0 Å². The summed E-state index contributed by atoms with van der Waals surface area (Å²) in [5.41, 5.74) is 1.11. The monoisotopic (exact) mass is 378 g/mol. The molecule has 1 atom stereocenters. The predicted octanol–water partition coefficient (Wildman–Crippen LogP) is 3.99. The highest BCUT2D eigenvalue weighted by Crippen LogP contribution is 2.27. The molecule has 0 aliphatic heterocycles. The van der Waals surface area contributed by atoms with E-state index in [0.29, 0.717) is 20.7 Å². The van der Waals surface area contributed by atoms with Gasteiger partial charge in [-0.3, -0.25) is 10.1 Å². The third-order valence-corrected chi connectivity index (χ3v) is 4.64. The van der Waals surface area contributed by atoms with Gasteiger partial charge in [-0.05, 0) is 31.2 Å². The average molecular weight is 379 g/mol. The van der Waals surface area contributed by atoms with E-state index in [1.165, 1.54) is 24.6 Å². The zero-order chi connectivity index (χ0) is 18.0. The largest absolute Gasteiger partial charge is 0.453 e. The third kappa shape index (κ3) is 3.92. The van der Waals surface area contributed by atoms with Crippen LogP contribution in [-0.4, -0.2) is 23.2 Å². The van der Waals surface area contributed by atoms with Gasteiger partial charge in [-0.1, -0.05) is 22.9 Å². The number of amides is 1. The minimum absolute atomic E-state index is 0.181. The molecule has 25 heavy (non-hydrogen) atoms. The van der Waals surface area contributed by atoms with Gasteiger partial charge in [0.2, 0.25) is 0 Å². The van der Waals surface area contributed by atoms with Crippen LogP contribution in [0, 0.1) is 0 Å². The molecular weight excluding hydrogens is 364 g/mol. The number of fused-ring (bicyclic) bond motifs is 1. The summed E-state index contributed by atoms with van der Waals surface area (Å²) < 4.78 is 4.53. The Balaban J connectivity index is 1.82. The summed E-state index contributed by atoms with van der Waals surface area (Å²) in [5, 5.41) is 8.26. The molecule has 0 radical (unpaired) electrons. The minimum Gasteiger partial charge on any atom is -0.453 e. The normalized spacial score (nSPS) is 12.0. The maximum absolute atomic E-state index is 12.3. The number of benzene rings is 1. The van der Waals surface area contributed by atoms with Crippen LogP contribution >= 0.6 is 22.9 Å². The van der Waals surface area contributed by atoms with E-state index in [4.69, 9.17) is 11.6 Å². The summed E-state index contributed by atoms with van der Waals surface area (Å²) in [6.45, 7) is 1.86. The lowest BCUT2D eigenvalue weighted by Gasteiger charge is -2.13. The highest BCUT2D eigenvalue weighted by atomic mass is 35.5. The Morgan fingerprint density at radius 2 is 2.20 bits per heavy atom. The molecule has 7 nitrogen and oxygen atoms in total. The zero-order valence-electron chi connectivity index (χ0n) is 13.4. The van der Waals surface area contributed by atoms with E-state index in [1.54, 1.807) is 24.3 Å². The molecule has 3 N–H and O–H groups in total. The number of nitrogens with zero attached hydrogens (tertiary/aromatic N) is 1. The molecule has 2 heterocycles. The Labute approximate surface area is 152 Å². The van der Waals surface area contributed by atoms with Gasteiger partial charge in [0, 0.05) is 21.5 Å². The van der Waals surface area contributed by atoms with Crippen molar-refractivity contribution in [3.8, 4) is 0 Å². The van der Waals surface area contributed by atoms with E-state index in [-0.39, 0.29) is 11.6 Å². The van der Waals surface area contributed by atoms with E-state index in [2.05, 4.69) is 25.3 Å². The van der Waals surface area contributed by atoms with E-state index in [9.17, 15) is 9.59 Å². The fourth-order valence-electron chi connectivity index (χ4n) is 2.33. The van der Waals surface area contributed by atoms with Gasteiger partial charge < -0.3 is 15.0 Å². The number of ether oxygens (including phenoxy) is 1. The second-order valence-corrected chi connectivity index (χ2v) is 6.76. The van der Waals surface area contributed by atoms with Gasteiger partial charge in [0.1, 0.15) is 5.00 Å². The van der Waals surface area contributed by atoms with E-state index < -0.39 is 6.09 Å². The third-order valence-electron chi connectivity index (χ3n) is 3.56. The molecule has 1 amide bonds. The molecule has 1 aromatic carbocycles. The number of carbonyl (C=O) groups is 1. The fourth-order valence-corrected chi connectivity index (χ4v) is 3.30. The number of hydrogen-bond donors (Lipinski definition) is 3. The zero-order valence-corrected chi connectivity index (χ0v) is 15.0. The Morgan fingerprint density at radius 3 is 2.96 bits per heavy atom. The molecule has 0 saturated carbocycles. The van der Waals surface area contributed by atoms with Crippen molar-refractivity contribution >= 4 is 50.1 Å². The van der Waals surface area contributed by atoms with Gasteiger partial charge in [-0.15, -0.1) is 0 Å². The molecular formula is C16H15ClN4O3S. The first kappa shape index (κ1) is 17.2. The Morgan fingerprint density at radius 1 is 1.40 bits per heavy atom. The topological polar surface area (TPSA) is 96.1 Å². The van der Waals surface area contributed by atoms with Crippen molar-refractivity contribution < 1.29 is 9.53 Å². The van der Waals surface area contributed by atoms with Crippen molar-refractivity contribution in [2.45, 2.75) is 13.0 Å². The fraction of sp³-hybridized carbons (Fsp3) is 0.188. The van der Waals surface area contributed by atoms with Crippen molar-refractivity contribution in [3.63, 3.8) is 0 Å². The molecule has 2 aromatic heterocycles. The van der Waals surface area contributed by atoms with Gasteiger partial charge in [0.15, 0.2) is 5.13 Å². The summed E-state index contributed by atoms with van der Waals surface area (Å²) in [6, 6.07) is 6.81. The molecule has 9 heteroatoms. The van der Waals surface area contributed by atoms with Crippen LogP contribution in [0.5, 0.6) is 0 Å². The number of pyridine rings is 1. The molecule has 0 aliphatic rings. The van der Waals surface area contributed by atoms with Crippen LogP contribution in [0.15, 0.2) is 35.3 Å². The number of nitrogens with one attached hydrogen (secondary N) is 3. The molecule has 130 valence electrons. The van der Waals surface area contributed by atoms with Crippen molar-refractivity contribution in [3.05, 3.63) is 51.4 Å². The number of anilines is 2. The van der Waals surface area contributed by atoms with E-state index in [0.717, 1.165) is 10.9 Å². The number of hydrogen-bond acceptors (Lipinski definition) is 6. The average Bonchev–Trinajstić information content (AvgIpc) is 3.01. The molecule has 0 fully saturated rings. The van der Waals surface area contributed by atoms with Gasteiger partial charge in [-0.2, -0.15) is 0 Å². The number of rotatable bonds is 4. The lowest BCUT2D eigenvalue weighted by atomic mass is 10.1. The SMILES string of the molecule is COC(=O)Nc1cnc(N[C@H](C)c2cc3cc(Cl)ccc3[nH]c2=O)s1. The Bertz CT molecular complexity index is 985. The molecule has 0 saturated heterocycles. The second kappa shape index (κ2) is 7.12.